The van der Waals surface area contributed by atoms with Crippen LogP contribution in [0.4, 0.5) is 5.69 Å². The third kappa shape index (κ3) is 2.78. The lowest BCUT2D eigenvalue weighted by Crippen LogP contribution is -2.40. The normalized spacial score (nSPS) is 17.1. The predicted molar refractivity (Wildman–Crippen MR) is 70.3 cm³/mol. The molecule has 2 N–H and O–H groups in total. The zero-order chi connectivity index (χ0) is 12.3. The molecule has 0 aliphatic heterocycles. The van der Waals surface area contributed by atoms with Gasteiger partial charge in [0.05, 0.1) is 0 Å². The highest BCUT2D eigenvalue weighted by Gasteiger charge is 2.25. The molecule has 0 radical (unpaired) electrons. The van der Waals surface area contributed by atoms with Gasteiger partial charge in [0.1, 0.15) is 0 Å². The maximum Gasteiger partial charge on any atom is 0.251 e. The van der Waals surface area contributed by atoms with Crippen molar-refractivity contribution in [3.8, 4) is 0 Å². The Balaban J connectivity index is 1.93. The highest BCUT2D eigenvalue weighted by Crippen LogP contribution is 2.29. The predicted octanol–water partition coefficient (Wildman–Crippen LogP) is 2.65. The maximum absolute atomic E-state index is 12.0. The zero-order valence-corrected chi connectivity index (χ0v) is 10.5. The number of benzene rings is 1. The van der Waals surface area contributed by atoms with Crippen molar-refractivity contribution >= 4 is 11.6 Å². The Labute approximate surface area is 103 Å². The van der Waals surface area contributed by atoms with E-state index in [0.717, 1.165) is 11.3 Å². The summed E-state index contributed by atoms with van der Waals surface area (Å²) >= 11 is 0. The van der Waals surface area contributed by atoms with Crippen molar-refractivity contribution in [3.63, 3.8) is 0 Å². The van der Waals surface area contributed by atoms with E-state index in [9.17, 15) is 4.79 Å². The summed E-state index contributed by atoms with van der Waals surface area (Å²) in [7, 11) is 1.87. The lowest BCUT2D eigenvalue weighted by Gasteiger charge is -2.31. The Morgan fingerprint density at radius 2 is 1.94 bits per heavy atom. The molecular weight excluding hydrogens is 212 g/mol. The molecule has 1 amide bonds. The van der Waals surface area contributed by atoms with Crippen molar-refractivity contribution in [2.24, 2.45) is 5.92 Å². The van der Waals surface area contributed by atoms with Crippen molar-refractivity contribution in [1.29, 1.82) is 0 Å². The molecule has 0 heterocycles. The Morgan fingerprint density at radius 1 is 1.29 bits per heavy atom. The summed E-state index contributed by atoms with van der Waals surface area (Å²) in [5.74, 6) is 0.711. The van der Waals surface area contributed by atoms with Gasteiger partial charge in [-0.2, -0.15) is 0 Å². The van der Waals surface area contributed by atoms with Gasteiger partial charge in [0.25, 0.3) is 5.91 Å². The van der Waals surface area contributed by atoms with Crippen LogP contribution in [0.2, 0.25) is 0 Å². The van der Waals surface area contributed by atoms with E-state index < -0.39 is 0 Å². The van der Waals surface area contributed by atoms with E-state index in [0.29, 0.717) is 12.0 Å². The quantitative estimate of drug-likeness (QED) is 0.838. The van der Waals surface area contributed by atoms with E-state index in [1.54, 1.807) is 0 Å². The number of hydrogen-bond acceptors (Lipinski definition) is 2. The van der Waals surface area contributed by atoms with Gasteiger partial charge in [-0.3, -0.25) is 4.79 Å². The van der Waals surface area contributed by atoms with Crippen LogP contribution in [-0.4, -0.2) is 19.0 Å². The highest BCUT2D eigenvalue weighted by atomic mass is 16.1. The minimum Gasteiger partial charge on any atom is -0.388 e. The minimum atomic E-state index is 0.0343. The summed E-state index contributed by atoms with van der Waals surface area (Å²) in [6.45, 7) is 2.10. The van der Waals surface area contributed by atoms with Crippen LogP contribution in [0.25, 0.3) is 0 Å². The molecule has 0 saturated heterocycles. The molecule has 17 heavy (non-hydrogen) atoms. The standard InChI is InChI=1S/C14H20N2O/c1-10(11-4-3-5-11)16-14(17)12-6-8-13(15-2)9-7-12/h6-11,15H,3-5H2,1-2H3,(H,16,17). The van der Waals surface area contributed by atoms with Gasteiger partial charge < -0.3 is 10.6 Å². The van der Waals surface area contributed by atoms with Crippen molar-refractivity contribution < 1.29 is 4.79 Å². The number of rotatable bonds is 4. The molecular formula is C14H20N2O. The number of nitrogens with one attached hydrogen (secondary N) is 2. The summed E-state index contributed by atoms with van der Waals surface area (Å²) in [5.41, 5.74) is 1.75. The van der Waals surface area contributed by atoms with Gasteiger partial charge >= 0.3 is 0 Å². The van der Waals surface area contributed by atoms with Crippen LogP contribution < -0.4 is 10.6 Å². The highest BCUT2D eigenvalue weighted by molar-refractivity contribution is 5.94. The summed E-state index contributed by atoms with van der Waals surface area (Å²) in [5, 5.41) is 6.11. The van der Waals surface area contributed by atoms with E-state index in [-0.39, 0.29) is 5.91 Å². The fourth-order valence-electron chi connectivity index (χ4n) is 2.14. The first-order valence-electron chi connectivity index (χ1n) is 6.29. The van der Waals surface area contributed by atoms with Gasteiger partial charge in [-0.1, -0.05) is 6.42 Å². The van der Waals surface area contributed by atoms with Crippen molar-refractivity contribution in [1.82, 2.24) is 5.32 Å². The van der Waals surface area contributed by atoms with Gasteiger partial charge in [-0.15, -0.1) is 0 Å². The van der Waals surface area contributed by atoms with E-state index in [1.807, 2.05) is 31.3 Å². The topological polar surface area (TPSA) is 41.1 Å². The summed E-state index contributed by atoms with van der Waals surface area (Å²) in [6.07, 6.45) is 3.81. The summed E-state index contributed by atoms with van der Waals surface area (Å²) in [4.78, 5) is 12.0. The van der Waals surface area contributed by atoms with Crippen molar-refractivity contribution in [2.45, 2.75) is 32.2 Å². The van der Waals surface area contributed by atoms with E-state index in [4.69, 9.17) is 0 Å². The second-order valence-electron chi connectivity index (χ2n) is 4.78. The molecule has 1 saturated carbocycles. The van der Waals surface area contributed by atoms with Gasteiger partial charge in [-0.05, 0) is 49.9 Å². The number of carbonyl (C=O) groups is 1. The average molecular weight is 232 g/mol. The number of amides is 1. The van der Waals surface area contributed by atoms with Crippen molar-refractivity contribution in [3.05, 3.63) is 29.8 Å². The second-order valence-corrected chi connectivity index (χ2v) is 4.78. The molecule has 92 valence electrons. The molecule has 0 bridgehead atoms. The summed E-state index contributed by atoms with van der Waals surface area (Å²) in [6, 6.07) is 7.84. The SMILES string of the molecule is CNc1ccc(C(=O)NC(C)C2CCC2)cc1. The fraction of sp³-hybridized carbons (Fsp3) is 0.500. The smallest absolute Gasteiger partial charge is 0.251 e. The number of anilines is 1. The fourth-order valence-corrected chi connectivity index (χ4v) is 2.14. The molecule has 1 aromatic rings. The van der Waals surface area contributed by atoms with Crippen molar-refractivity contribution in [2.75, 3.05) is 12.4 Å². The molecule has 1 aliphatic carbocycles. The second kappa shape index (κ2) is 5.21. The van der Waals surface area contributed by atoms with Gasteiger partial charge in [0.2, 0.25) is 0 Å². The van der Waals surface area contributed by atoms with Gasteiger partial charge in [0.15, 0.2) is 0 Å². The van der Waals surface area contributed by atoms with Crippen LogP contribution in [0.1, 0.15) is 36.5 Å². The molecule has 1 atom stereocenters. The molecule has 3 nitrogen and oxygen atoms in total. The number of carbonyl (C=O) groups excluding carboxylic acids is 1. The van der Waals surface area contributed by atoms with Crippen LogP contribution in [0.5, 0.6) is 0 Å². The first kappa shape index (κ1) is 12.0. The first-order chi connectivity index (χ1) is 8.20. The molecule has 1 aromatic carbocycles. The largest absolute Gasteiger partial charge is 0.388 e. The van der Waals surface area contributed by atoms with Crippen LogP contribution in [0.15, 0.2) is 24.3 Å². The molecule has 3 heteroatoms. The molecule has 0 aromatic heterocycles. The molecule has 1 unspecified atom stereocenters. The van der Waals surface area contributed by atoms with Gasteiger partial charge in [0, 0.05) is 24.3 Å². The van der Waals surface area contributed by atoms with Crippen LogP contribution >= 0.6 is 0 Å². The molecule has 2 rings (SSSR count). The lowest BCUT2D eigenvalue weighted by atomic mass is 9.80. The Hall–Kier alpha value is -1.51. The van der Waals surface area contributed by atoms with E-state index >= 15 is 0 Å². The Morgan fingerprint density at radius 3 is 2.41 bits per heavy atom. The molecule has 0 spiro atoms. The van der Waals surface area contributed by atoms with Crippen LogP contribution in [0.3, 0.4) is 0 Å². The summed E-state index contributed by atoms with van der Waals surface area (Å²) < 4.78 is 0. The average Bonchev–Trinajstić information content (AvgIpc) is 2.26. The van der Waals surface area contributed by atoms with E-state index in [1.165, 1.54) is 19.3 Å². The van der Waals surface area contributed by atoms with E-state index in [2.05, 4.69) is 17.6 Å². The first-order valence-corrected chi connectivity index (χ1v) is 6.29. The zero-order valence-electron chi connectivity index (χ0n) is 10.5. The number of hydrogen-bond donors (Lipinski definition) is 2. The van der Waals surface area contributed by atoms with Crippen LogP contribution in [-0.2, 0) is 0 Å². The Bertz CT molecular complexity index is 382. The minimum absolute atomic E-state index is 0.0343. The van der Waals surface area contributed by atoms with Crippen LogP contribution in [0, 0.1) is 5.92 Å². The Kier molecular flexibility index (Phi) is 3.67. The third-order valence-corrected chi connectivity index (χ3v) is 3.65. The monoisotopic (exact) mass is 232 g/mol. The molecule has 1 fully saturated rings. The lowest BCUT2D eigenvalue weighted by molar-refractivity contribution is 0.0909. The third-order valence-electron chi connectivity index (χ3n) is 3.65. The molecule has 1 aliphatic rings. The maximum atomic E-state index is 12.0. The van der Waals surface area contributed by atoms with Gasteiger partial charge in [-0.25, -0.2) is 0 Å².